The van der Waals surface area contributed by atoms with Crippen molar-refractivity contribution in [3.63, 3.8) is 0 Å². The van der Waals surface area contributed by atoms with Crippen molar-refractivity contribution in [1.29, 1.82) is 0 Å². The minimum absolute atomic E-state index is 0.0514. The number of hydrogen-bond donors (Lipinski definition) is 2. The van der Waals surface area contributed by atoms with Crippen LogP contribution in [0.25, 0.3) is 0 Å². The first-order valence-corrected chi connectivity index (χ1v) is 6.94. The molecule has 0 aromatic carbocycles. The number of thiophene rings is 1. The van der Waals surface area contributed by atoms with Crippen LogP contribution in [0.5, 0.6) is 0 Å². The van der Waals surface area contributed by atoms with Crippen LogP contribution < -0.4 is 5.32 Å². The highest BCUT2D eigenvalue weighted by molar-refractivity contribution is 7.13. The largest absolute Gasteiger partial charge is 0.395 e. The highest BCUT2D eigenvalue weighted by Gasteiger charge is 2.09. The standard InChI is InChI=1S/C12H10N2O2S2/c15-5-2-1-3-10-7-9(8-18-10)11(16)14-12-13-4-6-17-12/h4,6-8,15H,2,5H2,(H,13,14,16). The zero-order valence-corrected chi connectivity index (χ0v) is 11.0. The summed E-state index contributed by atoms with van der Waals surface area (Å²) in [4.78, 5) is 16.6. The lowest BCUT2D eigenvalue weighted by Gasteiger charge is -1.97. The number of rotatable bonds is 3. The molecule has 92 valence electrons. The minimum atomic E-state index is -0.184. The molecule has 0 saturated carbocycles. The molecule has 0 bridgehead atoms. The Hall–Kier alpha value is -1.68. The van der Waals surface area contributed by atoms with Gasteiger partial charge in [0.2, 0.25) is 0 Å². The van der Waals surface area contributed by atoms with E-state index in [1.165, 1.54) is 22.7 Å². The Balaban J connectivity index is 2.02. The summed E-state index contributed by atoms with van der Waals surface area (Å²) < 4.78 is 0. The van der Waals surface area contributed by atoms with E-state index in [-0.39, 0.29) is 12.5 Å². The molecule has 4 nitrogen and oxygen atoms in total. The summed E-state index contributed by atoms with van der Waals surface area (Å²) in [6.45, 7) is 0.0514. The number of carbonyl (C=O) groups excluding carboxylic acids is 1. The zero-order valence-electron chi connectivity index (χ0n) is 9.34. The molecule has 18 heavy (non-hydrogen) atoms. The maximum atomic E-state index is 11.8. The molecule has 0 fully saturated rings. The summed E-state index contributed by atoms with van der Waals surface area (Å²) in [5.74, 6) is 5.53. The normalized spacial score (nSPS) is 9.61. The van der Waals surface area contributed by atoms with Gasteiger partial charge in [0, 0.05) is 23.4 Å². The molecule has 0 radical (unpaired) electrons. The Morgan fingerprint density at radius 1 is 1.50 bits per heavy atom. The molecule has 0 atom stereocenters. The second kappa shape index (κ2) is 6.31. The molecule has 0 aliphatic heterocycles. The van der Waals surface area contributed by atoms with Crippen LogP contribution in [0.4, 0.5) is 5.13 Å². The van der Waals surface area contributed by atoms with Crippen molar-refractivity contribution >= 4 is 33.7 Å². The second-order valence-corrected chi connectivity index (χ2v) is 5.07. The quantitative estimate of drug-likeness (QED) is 0.846. The van der Waals surface area contributed by atoms with Gasteiger partial charge < -0.3 is 5.11 Å². The fourth-order valence-electron chi connectivity index (χ4n) is 1.18. The van der Waals surface area contributed by atoms with Crippen molar-refractivity contribution < 1.29 is 9.90 Å². The van der Waals surface area contributed by atoms with Gasteiger partial charge in [0.15, 0.2) is 5.13 Å². The average Bonchev–Trinajstić information content (AvgIpc) is 3.00. The summed E-state index contributed by atoms with van der Waals surface area (Å²) in [6.07, 6.45) is 2.08. The van der Waals surface area contributed by atoms with Crippen molar-refractivity contribution in [1.82, 2.24) is 4.98 Å². The van der Waals surface area contributed by atoms with E-state index in [9.17, 15) is 4.79 Å². The van der Waals surface area contributed by atoms with Gasteiger partial charge in [0.25, 0.3) is 5.91 Å². The number of anilines is 1. The predicted molar refractivity (Wildman–Crippen MR) is 73.0 cm³/mol. The molecule has 2 aromatic heterocycles. The van der Waals surface area contributed by atoms with Crippen LogP contribution in [-0.4, -0.2) is 22.6 Å². The number of hydrogen-bond acceptors (Lipinski definition) is 5. The summed E-state index contributed by atoms with van der Waals surface area (Å²) in [5.41, 5.74) is 0.573. The van der Waals surface area contributed by atoms with Crippen molar-refractivity contribution in [3.05, 3.63) is 33.5 Å². The molecule has 0 saturated heterocycles. The highest BCUT2D eigenvalue weighted by atomic mass is 32.1. The van der Waals surface area contributed by atoms with E-state index >= 15 is 0 Å². The number of aromatic nitrogens is 1. The van der Waals surface area contributed by atoms with Crippen LogP contribution in [-0.2, 0) is 0 Å². The fraction of sp³-hybridized carbons (Fsp3) is 0.167. The smallest absolute Gasteiger partial charge is 0.258 e. The molecule has 0 aliphatic rings. The summed E-state index contributed by atoms with van der Waals surface area (Å²) in [6, 6.07) is 1.73. The second-order valence-electron chi connectivity index (χ2n) is 3.27. The third-order valence-corrected chi connectivity index (χ3v) is 3.50. The van der Waals surface area contributed by atoms with E-state index in [2.05, 4.69) is 22.1 Å². The number of carbonyl (C=O) groups is 1. The number of aliphatic hydroxyl groups excluding tert-OH is 1. The summed E-state index contributed by atoms with van der Waals surface area (Å²) in [5, 5.41) is 15.5. The molecular formula is C12H10N2O2S2. The molecule has 2 aromatic rings. The van der Waals surface area contributed by atoms with Gasteiger partial charge in [-0.1, -0.05) is 11.8 Å². The number of amides is 1. The maximum Gasteiger partial charge on any atom is 0.258 e. The number of thiazole rings is 1. The summed E-state index contributed by atoms with van der Waals surface area (Å²) in [7, 11) is 0. The van der Waals surface area contributed by atoms with Gasteiger partial charge in [-0.15, -0.1) is 22.7 Å². The lowest BCUT2D eigenvalue weighted by molar-refractivity contribution is 0.102. The monoisotopic (exact) mass is 278 g/mol. The van der Waals surface area contributed by atoms with Crippen LogP contribution >= 0.6 is 22.7 Å². The molecule has 0 aliphatic carbocycles. The van der Waals surface area contributed by atoms with Crippen molar-refractivity contribution in [3.8, 4) is 11.8 Å². The van der Waals surface area contributed by atoms with Crippen LogP contribution in [0, 0.1) is 11.8 Å². The molecule has 2 heterocycles. The van der Waals surface area contributed by atoms with Crippen LogP contribution in [0.15, 0.2) is 23.0 Å². The number of nitrogens with zero attached hydrogens (tertiary/aromatic N) is 1. The molecular weight excluding hydrogens is 268 g/mol. The van der Waals surface area contributed by atoms with Gasteiger partial charge in [-0.3, -0.25) is 10.1 Å². The van der Waals surface area contributed by atoms with E-state index in [0.717, 1.165) is 4.88 Å². The van der Waals surface area contributed by atoms with Crippen LogP contribution in [0.2, 0.25) is 0 Å². The fourth-order valence-corrected chi connectivity index (χ4v) is 2.46. The van der Waals surface area contributed by atoms with Gasteiger partial charge >= 0.3 is 0 Å². The molecule has 2 N–H and O–H groups in total. The number of nitrogens with one attached hydrogen (secondary N) is 1. The predicted octanol–water partition coefficient (Wildman–Crippen LogP) is 2.19. The first-order chi connectivity index (χ1) is 8.79. The van der Waals surface area contributed by atoms with Gasteiger partial charge in [0.1, 0.15) is 0 Å². The highest BCUT2D eigenvalue weighted by Crippen LogP contribution is 2.16. The van der Waals surface area contributed by atoms with E-state index in [1.54, 1.807) is 23.0 Å². The first kappa shape index (κ1) is 12.8. The lowest BCUT2D eigenvalue weighted by Crippen LogP contribution is -2.10. The van der Waals surface area contributed by atoms with E-state index in [4.69, 9.17) is 5.11 Å². The van der Waals surface area contributed by atoms with Crippen molar-refractivity contribution in [2.24, 2.45) is 0 Å². The molecule has 0 spiro atoms. The molecule has 1 amide bonds. The Kier molecular flexibility index (Phi) is 4.47. The van der Waals surface area contributed by atoms with E-state index < -0.39 is 0 Å². The van der Waals surface area contributed by atoms with Gasteiger partial charge in [0.05, 0.1) is 17.0 Å². The Morgan fingerprint density at radius 2 is 2.39 bits per heavy atom. The van der Waals surface area contributed by atoms with E-state index in [1.807, 2.05) is 0 Å². The third-order valence-electron chi connectivity index (χ3n) is 1.96. The third kappa shape index (κ3) is 3.40. The van der Waals surface area contributed by atoms with Crippen LogP contribution in [0.1, 0.15) is 21.7 Å². The zero-order chi connectivity index (χ0) is 12.8. The van der Waals surface area contributed by atoms with Gasteiger partial charge in [-0.25, -0.2) is 4.98 Å². The number of aliphatic hydroxyl groups is 1. The topological polar surface area (TPSA) is 62.2 Å². The molecule has 2 rings (SSSR count). The SMILES string of the molecule is O=C(Nc1nccs1)c1csc(C#CCCO)c1. The first-order valence-electron chi connectivity index (χ1n) is 5.18. The Bertz CT molecular complexity index is 579. The van der Waals surface area contributed by atoms with Gasteiger partial charge in [-0.2, -0.15) is 0 Å². The maximum absolute atomic E-state index is 11.8. The summed E-state index contributed by atoms with van der Waals surface area (Å²) >= 11 is 2.78. The molecule has 6 heteroatoms. The Labute approximate surface area is 112 Å². The van der Waals surface area contributed by atoms with Crippen LogP contribution in [0.3, 0.4) is 0 Å². The lowest BCUT2D eigenvalue weighted by atomic mass is 10.3. The Morgan fingerprint density at radius 3 is 3.11 bits per heavy atom. The van der Waals surface area contributed by atoms with E-state index in [0.29, 0.717) is 17.1 Å². The van der Waals surface area contributed by atoms with Crippen molar-refractivity contribution in [2.45, 2.75) is 6.42 Å². The van der Waals surface area contributed by atoms with Gasteiger partial charge in [-0.05, 0) is 6.07 Å². The van der Waals surface area contributed by atoms with Crippen molar-refractivity contribution in [2.75, 3.05) is 11.9 Å². The molecule has 0 unspecified atom stereocenters. The minimum Gasteiger partial charge on any atom is -0.395 e. The average molecular weight is 278 g/mol.